The number of hydrogen-bond acceptors (Lipinski definition) is 3. The standard InChI is InChI=1S/C12H16N2O2S/c1-6(2)10-9-7(5-8(15)13-10)11(16)14(3)12(9)17-4/h5-6,12H,1-4H3,(H,13,15)/t12-/m0/s1. The molecule has 1 amide bonds. The van der Waals surface area contributed by atoms with Crippen LogP contribution >= 0.6 is 11.8 Å². The highest BCUT2D eigenvalue weighted by Crippen LogP contribution is 2.41. The molecule has 17 heavy (non-hydrogen) atoms. The Balaban J connectivity index is 2.73. The quantitative estimate of drug-likeness (QED) is 0.875. The number of aromatic nitrogens is 1. The van der Waals surface area contributed by atoms with E-state index >= 15 is 0 Å². The van der Waals surface area contributed by atoms with E-state index in [0.29, 0.717) is 5.56 Å². The van der Waals surface area contributed by atoms with Gasteiger partial charge in [0.1, 0.15) is 5.37 Å². The van der Waals surface area contributed by atoms with Crippen LogP contribution in [0, 0.1) is 0 Å². The summed E-state index contributed by atoms with van der Waals surface area (Å²) in [6, 6.07) is 1.41. The van der Waals surface area contributed by atoms with Gasteiger partial charge in [-0.05, 0) is 12.2 Å². The molecule has 2 heterocycles. The van der Waals surface area contributed by atoms with E-state index in [4.69, 9.17) is 0 Å². The van der Waals surface area contributed by atoms with Gasteiger partial charge in [0.25, 0.3) is 5.91 Å². The third-order valence-electron chi connectivity index (χ3n) is 3.06. The maximum atomic E-state index is 12.1. The molecule has 0 aromatic carbocycles. The van der Waals surface area contributed by atoms with Crippen LogP contribution in [0.25, 0.3) is 0 Å². The predicted molar refractivity (Wildman–Crippen MR) is 69.5 cm³/mol. The molecule has 0 bridgehead atoms. The number of fused-ring (bicyclic) bond motifs is 1. The highest BCUT2D eigenvalue weighted by atomic mass is 32.2. The predicted octanol–water partition coefficient (Wildman–Crippen LogP) is 1.95. The molecule has 1 N–H and O–H groups in total. The highest BCUT2D eigenvalue weighted by Gasteiger charge is 2.36. The van der Waals surface area contributed by atoms with E-state index in [9.17, 15) is 9.59 Å². The Morgan fingerprint density at radius 3 is 2.59 bits per heavy atom. The van der Waals surface area contributed by atoms with E-state index in [1.165, 1.54) is 6.07 Å². The van der Waals surface area contributed by atoms with Crippen LogP contribution in [-0.4, -0.2) is 29.1 Å². The molecule has 4 nitrogen and oxygen atoms in total. The summed E-state index contributed by atoms with van der Waals surface area (Å²) < 4.78 is 0. The molecule has 92 valence electrons. The molecule has 0 saturated carbocycles. The summed E-state index contributed by atoms with van der Waals surface area (Å²) in [5, 5.41) is 0.00625. The molecular formula is C12H16N2O2S. The summed E-state index contributed by atoms with van der Waals surface area (Å²) in [4.78, 5) is 28.2. The van der Waals surface area contributed by atoms with Crippen molar-refractivity contribution in [3.8, 4) is 0 Å². The van der Waals surface area contributed by atoms with Gasteiger partial charge in [-0.25, -0.2) is 0 Å². The second-order valence-electron chi connectivity index (χ2n) is 4.53. The molecule has 1 aromatic rings. The van der Waals surface area contributed by atoms with Crippen molar-refractivity contribution in [1.82, 2.24) is 9.88 Å². The van der Waals surface area contributed by atoms with E-state index < -0.39 is 0 Å². The molecular weight excluding hydrogens is 236 g/mol. The van der Waals surface area contributed by atoms with Gasteiger partial charge in [0.2, 0.25) is 5.56 Å². The number of hydrogen-bond donors (Lipinski definition) is 1. The monoisotopic (exact) mass is 252 g/mol. The third kappa shape index (κ3) is 1.78. The number of carbonyl (C=O) groups excluding carboxylic acids is 1. The fourth-order valence-corrected chi connectivity index (χ4v) is 3.16. The molecule has 1 aliphatic heterocycles. The van der Waals surface area contributed by atoms with E-state index in [2.05, 4.69) is 4.98 Å². The molecule has 1 atom stereocenters. The first-order valence-corrected chi connectivity index (χ1v) is 6.83. The number of nitrogens with one attached hydrogen (secondary N) is 1. The minimum Gasteiger partial charge on any atom is -0.326 e. The van der Waals surface area contributed by atoms with Crippen LogP contribution in [0.1, 0.15) is 46.8 Å². The van der Waals surface area contributed by atoms with E-state index in [1.54, 1.807) is 23.7 Å². The fourth-order valence-electron chi connectivity index (χ4n) is 2.25. The van der Waals surface area contributed by atoms with Crippen molar-refractivity contribution in [2.75, 3.05) is 13.3 Å². The van der Waals surface area contributed by atoms with Crippen molar-refractivity contribution in [1.29, 1.82) is 0 Å². The number of aromatic amines is 1. The van der Waals surface area contributed by atoms with Gasteiger partial charge in [-0.15, -0.1) is 11.8 Å². The van der Waals surface area contributed by atoms with Crippen molar-refractivity contribution < 1.29 is 4.79 Å². The van der Waals surface area contributed by atoms with Gasteiger partial charge in [0, 0.05) is 24.4 Å². The maximum absolute atomic E-state index is 12.1. The minimum absolute atomic E-state index is 0.00625. The van der Waals surface area contributed by atoms with E-state index in [0.717, 1.165) is 11.3 Å². The smallest absolute Gasteiger partial charge is 0.255 e. The molecule has 0 radical (unpaired) electrons. The molecule has 0 unspecified atom stereocenters. The number of pyridine rings is 1. The number of carbonyl (C=O) groups is 1. The molecule has 0 spiro atoms. The summed E-state index contributed by atoms with van der Waals surface area (Å²) in [5.74, 6) is 0.138. The van der Waals surface area contributed by atoms with E-state index in [-0.39, 0.29) is 22.8 Å². The lowest BCUT2D eigenvalue weighted by Gasteiger charge is -2.20. The van der Waals surface area contributed by atoms with Gasteiger partial charge in [0.15, 0.2) is 0 Å². The zero-order valence-electron chi connectivity index (χ0n) is 10.4. The fraction of sp³-hybridized carbons (Fsp3) is 0.500. The number of nitrogens with zero attached hydrogens (tertiary/aromatic N) is 1. The summed E-state index contributed by atoms with van der Waals surface area (Å²) >= 11 is 1.61. The topological polar surface area (TPSA) is 53.2 Å². The van der Waals surface area contributed by atoms with Crippen molar-refractivity contribution in [2.45, 2.75) is 25.1 Å². The number of rotatable bonds is 2. The minimum atomic E-state index is -0.198. The van der Waals surface area contributed by atoms with Crippen LogP contribution < -0.4 is 5.56 Å². The Labute approximate surface area is 104 Å². The molecule has 0 fully saturated rings. The Morgan fingerprint density at radius 1 is 1.41 bits per heavy atom. The number of thioether (sulfide) groups is 1. The molecule has 0 saturated heterocycles. The Bertz CT molecular complexity index is 522. The van der Waals surface area contributed by atoms with Crippen LogP contribution in [0.3, 0.4) is 0 Å². The van der Waals surface area contributed by atoms with Crippen molar-refractivity contribution >= 4 is 17.7 Å². The number of amides is 1. The second kappa shape index (κ2) is 4.22. The number of H-pyrrole nitrogens is 1. The average Bonchev–Trinajstić information content (AvgIpc) is 2.51. The van der Waals surface area contributed by atoms with Crippen LogP contribution in [0.2, 0.25) is 0 Å². The summed E-state index contributed by atoms with van der Waals surface area (Å²) in [6.07, 6.45) is 1.97. The lowest BCUT2D eigenvalue weighted by molar-refractivity contribution is 0.0812. The van der Waals surface area contributed by atoms with Gasteiger partial charge < -0.3 is 9.88 Å². The summed E-state index contributed by atoms with van der Waals surface area (Å²) in [6.45, 7) is 4.04. The average molecular weight is 252 g/mol. The zero-order chi connectivity index (χ0) is 12.7. The normalized spacial score (nSPS) is 19.0. The van der Waals surface area contributed by atoms with Crippen LogP contribution in [0.15, 0.2) is 10.9 Å². The Morgan fingerprint density at radius 2 is 2.06 bits per heavy atom. The van der Waals surface area contributed by atoms with Gasteiger partial charge in [-0.1, -0.05) is 13.8 Å². The van der Waals surface area contributed by atoms with Gasteiger partial charge in [-0.2, -0.15) is 0 Å². The lowest BCUT2D eigenvalue weighted by atomic mass is 10.0. The van der Waals surface area contributed by atoms with Crippen molar-refractivity contribution in [2.24, 2.45) is 0 Å². The van der Waals surface area contributed by atoms with Gasteiger partial charge >= 0.3 is 0 Å². The van der Waals surface area contributed by atoms with Crippen LogP contribution in [0.4, 0.5) is 0 Å². The molecule has 2 rings (SSSR count). The van der Waals surface area contributed by atoms with Crippen LogP contribution in [-0.2, 0) is 0 Å². The molecule has 1 aliphatic rings. The zero-order valence-corrected chi connectivity index (χ0v) is 11.2. The first-order valence-electron chi connectivity index (χ1n) is 5.54. The lowest BCUT2D eigenvalue weighted by Crippen LogP contribution is -2.21. The van der Waals surface area contributed by atoms with Gasteiger partial charge in [-0.3, -0.25) is 9.59 Å². The Hall–Kier alpha value is -1.23. The summed E-state index contributed by atoms with van der Waals surface area (Å²) in [7, 11) is 1.78. The largest absolute Gasteiger partial charge is 0.326 e. The molecule has 5 heteroatoms. The SMILES string of the molecule is CS[C@H]1c2c(cc(=O)[nH]c2C(C)C)C(=O)N1C. The Kier molecular flexibility index (Phi) is 3.03. The highest BCUT2D eigenvalue weighted by molar-refractivity contribution is 7.98. The summed E-state index contributed by atoms with van der Waals surface area (Å²) in [5.41, 5.74) is 2.21. The first-order chi connectivity index (χ1) is 7.97. The maximum Gasteiger partial charge on any atom is 0.255 e. The van der Waals surface area contributed by atoms with Crippen LogP contribution in [0.5, 0.6) is 0 Å². The van der Waals surface area contributed by atoms with Crippen molar-refractivity contribution in [3.05, 3.63) is 33.2 Å². The van der Waals surface area contributed by atoms with Crippen molar-refractivity contribution in [3.63, 3.8) is 0 Å². The molecule has 1 aromatic heterocycles. The first kappa shape index (κ1) is 12.2. The van der Waals surface area contributed by atoms with E-state index in [1.807, 2.05) is 20.1 Å². The van der Waals surface area contributed by atoms with Gasteiger partial charge in [0.05, 0.1) is 5.56 Å². The second-order valence-corrected chi connectivity index (χ2v) is 5.45. The third-order valence-corrected chi connectivity index (χ3v) is 4.06. The molecule has 0 aliphatic carbocycles.